The molecule has 2 aliphatic rings. The third-order valence-electron chi connectivity index (χ3n) is 5.31. The van der Waals surface area contributed by atoms with Crippen molar-refractivity contribution in [1.29, 1.82) is 0 Å². The second-order valence-corrected chi connectivity index (χ2v) is 6.99. The van der Waals surface area contributed by atoms with E-state index in [9.17, 15) is 4.79 Å². The van der Waals surface area contributed by atoms with Crippen molar-refractivity contribution in [3.05, 3.63) is 53.7 Å². The lowest BCUT2D eigenvalue weighted by molar-refractivity contribution is 0.138. The number of pyridine rings is 1. The Kier molecular flexibility index (Phi) is 4.30. The van der Waals surface area contributed by atoms with E-state index in [1.807, 2.05) is 30.3 Å². The first-order valence-electron chi connectivity index (χ1n) is 8.77. The van der Waals surface area contributed by atoms with Crippen LogP contribution in [0.25, 0.3) is 0 Å². The Hall–Kier alpha value is -2.56. The largest absolute Gasteiger partial charge is 0.512 e. The molecule has 1 N–H and O–H groups in total. The Morgan fingerprint density at radius 1 is 1.16 bits per heavy atom. The van der Waals surface area contributed by atoms with Crippen molar-refractivity contribution in [1.82, 2.24) is 4.98 Å². The Bertz CT molecular complexity index is 759. The predicted octanol–water partition coefficient (Wildman–Crippen LogP) is 4.30. The van der Waals surface area contributed by atoms with Crippen molar-refractivity contribution in [3.63, 3.8) is 0 Å². The summed E-state index contributed by atoms with van der Waals surface area (Å²) in [6, 6.07) is 11.6. The van der Waals surface area contributed by atoms with Gasteiger partial charge >= 0.3 is 6.16 Å². The molecule has 0 spiro atoms. The number of ether oxygens (including phenoxy) is 2. The van der Waals surface area contributed by atoms with Gasteiger partial charge < -0.3 is 14.6 Å². The summed E-state index contributed by atoms with van der Waals surface area (Å²) in [6.07, 6.45) is 6.30. The Morgan fingerprint density at radius 3 is 2.68 bits per heavy atom. The van der Waals surface area contributed by atoms with E-state index in [0.717, 1.165) is 28.7 Å². The van der Waals surface area contributed by atoms with Crippen LogP contribution in [-0.2, 0) is 6.42 Å². The van der Waals surface area contributed by atoms with Gasteiger partial charge in [-0.3, -0.25) is 0 Å². The molecule has 0 saturated heterocycles. The van der Waals surface area contributed by atoms with Crippen LogP contribution < -0.4 is 9.47 Å². The Labute approximate surface area is 146 Å². The van der Waals surface area contributed by atoms with E-state index in [4.69, 9.17) is 14.6 Å². The molecule has 2 saturated carbocycles. The molecule has 1 heterocycles. The third kappa shape index (κ3) is 3.60. The maximum absolute atomic E-state index is 10.8. The summed E-state index contributed by atoms with van der Waals surface area (Å²) in [5.74, 6) is 2.65. The summed E-state index contributed by atoms with van der Waals surface area (Å²) >= 11 is 0. The summed E-state index contributed by atoms with van der Waals surface area (Å²) in [5, 5.41) is 8.80. The highest BCUT2D eigenvalue weighted by Gasteiger charge is 2.40. The highest BCUT2D eigenvalue weighted by atomic mass is 16.7. The minimum Gasteiger partial charge on any atom is -0.490 e. The molecule has 25 heavy (non-hydrogen) atoms. The summed E-state index contributed by atoms with van der Waals surface area (Å²) in [5.41, 5.74) is 1.80. The lowest BCUT2D eigenvalue weighted by Gasteiger charge is -2.23. The highest BCUT2D eigenvalue weighted by Crippen LogP contribution is 2.46. The van der Waals surface area contributed by atoms with Crippen molar-refractivity contribution in [3.8, 4) is 11.6 Å². The molecule has 4 rings (SSSR count). The molecular weight excluding hydrogens is 318 g/mol. The van der Waals surface area contributed by atoms with Gasteiger partial charge in [0.1, 0.15) is 11.9 Å². The molecule has 0 amide bonds. The first-order chi connectivity index (χ1) is 12.2. The Balaban J connectivity index is 1.42. The molecule has 5 nitrogen and oxygen atoms in total. The topological polar surface area (TPSA) is 68.7 Å². The zero-order chi connectivity index (χ0) is 17.2. The van der Waals surface area contributed by atoms with Crippen LogP contribution in [0.15, 0.2) is 42.6 Å². The molecule has 3 atom stereocenters. The normalized spacial score (nSPS) is 24.2. The van der Waals surface area contributed by atoms with E-state index in [-0.39, 0.29) is 5.88 Å². The second kappa shape index (κ2) is 6.75. The number of fused-ring (bicyclic) bond motifs is 2. The average Bonchev–Trinajstić information content (AvgIpc) is 3.21. The number of rotatable bonds is 5. The van der Waals surface area contributed by atoms with E-state index >= 15 is 0 Å². The molecule has 0 unspecified atom stereocenters. The van der Waals surface area contributed by atoms with E-state index in [1.165, 1.54) is 31.9 Å². The van der Waals surface area contributed by atoms with Gasteiger partial charge in [0, 0.05) is 18.2 Å². The summed E-state index contributed by atoms with van der Waals surface area (Å²) in [4.78, 5) is 14.8. The standard InChI is InChI=1S/C20H21NO4/c22-20(23)25-19-16(2-1-9-21-19)10-13-4-7-17(8-5-13)24-18-12-14-3-6-15(18)11-14/h1-2,4-5,7-9,14-15,18H,3,6,10-12H2,(H,22,23)/t14-,15+,18+/m0/s1. The van der Waals surface area contributed by atoms with Crippen molar-refractivity contribution >= 4 is 6.16 Å². The van der Waals surface area contributed by atoms with E-state index < -0.39 is 6.16 Å². The van der Waals surface area contributed by atoms with Gasteiger partial charge in [-0.25, -0.2) is 9.78 Å². The van der Waals surface area contributed by atoms with Crippen molar-refractivity contribution < 1.29 is 19.4 Å². The molecule has 2 aliphatic carbocycles. The molecular formula is C20H21NO4. The fraction of sp³-hybridized carbons (Fsp3) is 0.400. The number of hydrogen-bond acceptors (Lipinski definition) is 4. The molecule has 2 aromatic rings. The molecule has 130 valence electrons. The maximum Gasteiger partial charge on any atom is 0.512 e. The first kappa shape index (κ1) is 15.9. The molecule has 1 aromatic carbocycles. The lowest BCUT2D eigenvalue weighted by Crippen LogP contribution is -2.23. The fourth-order valence-electron chi connectivity index (χ4n) is 4.14. The smallest absolute Gasteiger partial charge is 0.490 e. The van der Waals surface area contributed by atoms with Gasteiger partial charge in [-0.05, 0) is 61.3 Å². The van der Waals surface area contributed by atoms with Crippen molar-refractivity contribution in [2.45, 2.75) is 38.2 Å². The zero-order valence-corrected chi connectivity index (χ0v) is 13.9. The predicted molar refractivity (Wildman–Crippen MR) is 92.0 cm³/mol. The summed E-state index contributed by atoms with van der Waals surface area (Å²) in [7, 11) is 0. The van der Waals surface area contributed by atoms with Crippen LogP contribution in [-0.4, -0.2) is 22.3 Å². The van der Waals surface area contributed by atoms with Gasteiger partial charge in [0.15, 0.2) is 0 Å². The lowest BCUT2D eigenvalue weighted by atomic mass is 9.97. The van der Waals surface area contributed by atoms with E-state index in [0.29, 0.717) is 12.5 Å². The van der Waals surface area contributed by atoms with Crippen molar-refractivity contribution in [2.75, 3.05) is 0 Å². The number of carbonyl (C=O) groups is 1. The molecule has 2 bridgehead atoms. The number of hydrogen-bond donors (Lipinski definition) is 1. The van der Waals surface area contributed by atoms with Crippen LogP contribution in [0.5, 0.6) is 11.6 Å². The van der Waals surface area contributed by atoms with E-state index in [2.05, 4.69) is 4.98 Å². The van der Waals surface area contributed by atoms with Gasteiger partial charge in [-0.1, -0.05) is 18.2 Å². The Morgan fingerprint density at radius 2 is 2.00 bits per heavy atom. The zero-order valence-electron chi connectivity index (χ0n) is 13.9. The first-order valence-corrected chi connectivity index (χ1v) is 8.77. The third-order valence-corrected chi connectivity index (χ3v) is 5.31. The SMILES string of the molecule is O=C(O)Oc1ncccc1Cc1ccc(O[C@@H]2C[C@H]3CC[C@@H]2C3)cc1. The van der Waals surface area contributed by atoms with Crippen molar-refractivity contribution in [2.24, 2.45) is 11.8 Å². The molecule has 1 aromatic heterocycles. The fourth-order valence-corrected chi connectivity index (χ4v) is 4.14. The summed E-state index contributed by atoms with van der Waals surface area (Å²) in [6.45, 7) is 0. The van der Waals surface area contributed by atoms with Crippen LogP contribution >= 0.6 is 0 Å². The van der Waals surface area contributed by atoms with Gasteiger partial charge in [0.2, 0.25) is 5.88 Å². The monoisotopic (exact) mass is 339 g/mol. The van der Waals surface area contributed by atoms with Gasteiger partial charge in [0.25, 0.3) is 0 Å². The van der Waals surface area contributed by atoms with Crippen LogP contribution in [0.2, 0.25) is 0 Å². The number of benzene rings is 1. The van der Waals surface area contributed by atoms with Crippen LogP contribution in [0.3, 0.4) is 0 Å². The average molecular weight is 339 g/mol. The quantitative estimate of drug-likeness (QED) is 0.823. The molecule has 2 fully saturated rings. The maximum atomic E-state index is 10.8. The minimum atomic E-state index is -1.35. The minimum absolute atomic E-state index is 0.136. The highest BCUT2D eigenvalue weighted by molar-refractivity contribution is 5.61. The van der Waals surface area contributed by atoms with Crippen LogP contribution in [0.4, 0.5) is 4.79 Å². The number of nitrogens with zero attached hydrogens (tertiary/aromatic N) is 1. The van der Waals surface area contributed by atoms with Crippen LogP contribution in [0, 0.1) is 11.8 Å². The van der Waals surface area contributed by atoms with E-state index in [1.54, 1.807) is 6.07 Å². The number of carboxylic acid groups (broad SMARTS) is 1. The number of aromatic nitrogens is 1. The molecule has 5 heteroatoms. The summed E-state index contributed by atoms with van der Waals surface area (Å²) < 4.78 is 10.9. The van der Waals surface area contributed by atoms with Gasteiger partial charge in [-0.15, -0.1) is 0 Å². The second-order valence-electron chi connectivity index (χ2n) is 6.99. The van der Waals surface area contributed by atoms with Crippen LogP contribution in [0.1, 0.15) is 36.8 Å². The molecule has 0 radical (unpaired) electrons. The van der Waals surface area contributed by atoms with Gasteiger partial charge in [0.05, 0.1) is 0 Å². The molecule has 0 aliphatic heterocycles. The van der Waals surface area contributed by atoms with Gasteiger partial charge in [-0.2, -0.15) is 0 Å².